The van der Waals surface area contributed by atoms with Crippen LogP contribution in [0.4, 0.5) is 0 Å². The van der Waals surface area contributed by atoms with Crippen LogP contribution < -0.4 is 10.3 Å². The lowest BCUT2D eigenvalue weighted by Crippen LogP contribution is -2.40. The summed E-state index contributed by atoms with van der Waals surface area (Å²) in [5.74, 6) is 0.522. The molecule has 1 amide bonds. The van der Waals surface area contributed by atoms with E-state index in [4.69, 9.17) is 4.74 Å². The minimum atomic E-state index is -0.217. The molecule has 0 saturated heterocycles. The smallest absolute Gasteiger partial charge is 0.276 e. The molecule has 4 rings (SSSR count). The van der Waals surface area contributed by atoms with Gasteiger partial charge < -0.3 is 14.2 Å². The Hall–Kier alpha value is -3.49. The molecule has 0 spiro atoms. The maximum Gasteiger partial charge on any atom is 0.276 e. The van der Waals surface area contributed by atoms with E-state index in [9.17, 15) is 9.59 Å². The highest BCUT2D eigenvalue weighted by Crippen LogP contribution is 2.20. The van der Waals surface area contributed by atoms with Crippen LogP contribution in [0.2, 0.25) is 0 Å². The number of aromatic nitrogens is 5. The molecule has 9 heteroatoms. The van der Waals surface area contributed by atoms with Gasteiger partial charge in [-0.2, -0.15) is 0 Å². The number of hydrogen-bond acceptors (Lipinski definition) is 6. The minimum absolute atomic E-state index is 0.0567. The van der Waals surface area contributed by atoms with Crippen molar-refractivity contribution in [2.75, 3.05) is 13.7 Å². The van der Waals surface area contributed by atoms with Gasteiger partial charge in [0.05, 0.1) is 37.1 Å². The summed E-state index contributed by atoms with van der Waals surface area (Å²) in [5, 5.41) is 8.24. The molecule has 0 saturated carbocycles. The summed E-state index contributed by atoms with van der Waals surface area (Å²) in [6.45, 7) is 2.55. The fourth-order valence-corrected chi connectivity index (χ4v) is 3.34. The van der Waals surface area contributed by atoms with Crippen LogP contribution in [0.3, 0.4) is 0 Å². The van der Waals surface area contributed by atoms with E-state index in [1.807, 2.05) is 31.2 Å². The van der Waals surface area contributed by atoms with E-state index in [1.165, 1.54) is 10.9 Å². The number of carbonyl (C=O) groups excluding carboxylic acids is 1. The summed E-state index contributed by atoms with van der Waals surface area (Å²) < 4.78 is 8.25. The van der Waals surface area contributed by atoms with E-state index in [1.54, 1.807) is 23.7 Å². The van der Waals surface area contributed by atoms with Crippen LogP contribution in [0, 0.1) is 6.92 Å². The Labute approximate surface area is 161 Å². The summed E-state index contributed by atoms with van der Waals surface area (Å²) in [7, 11) is 3.28. The van der Waals surface area contributed by atoms with E-state index in [2.05, 4.69) is 15.3 Å². The Kier molecular flexibility index (Phi) is 4.42. The highest BCUT2D eigenvalue weighted by Gasteiger charge is 2.28. The number of nitrogens with zero attached hydrogens (tertiary/aromatic N) is 6. The van der Waals surface area contributed by atoms with Gasteiger partial charge in [0.15, 0.2) is 5.69 Å². The van der Waals surface area contributed by atoms with Gasteiger partial charge >= 0.3 is 0 Å². The zero-order valence-electron chi connectivity index (χ0n) is 15.9. The molecule has 1 aliphatic rings. The molecule has 0 unspecified atom stereocenters. The maximum absolute atomic E-state index is 13.0. The molecule has 3 heterocycles. The lowest BCUT2D eigenvalue weighted by atomic mass is 10.1. The summed E-state index contributed by atoms with van der Waals surface area (Å²) in [5.41, 5.74) is 2.99. The van der Waals surface area contributed by atoms with Crippen LogP contribution in [-0.2, 0) is 20.0 Å². The van der Waals surface area contributed by atoms with Crippen molar-refractivity contribution in [3.63, 3.8) is 0 Å². The fourth-order valence-electron chi connectivity index (χ4n) is 3.34. The molecule has 28 heavy (non-hydrogen) atoms. The van der Waals surface area contributed by atoms with Crippen LogP contribution in [0.1, 0.15) is 27.4 Å². The van der Waals surface area contributed by atoms with Gasteiger partial charge in [-0.1, -0.05) is 5.21 Å². The number of aryl methyl sites for hydroxylation is 1. The van der Waals surface area contributed by atoms with Crippen molar-refractivity contribution in [2.24, 2.45) is 7.05 Å². The number of fused-ring (bicyclic) bond motifs is 1. The van der Waals surface area contributed by atoms with Gasteiger partial charge in [-0.25, -0.2) is 9.67 Å². The molecule has 0 atom stereocenters. The first-order valence-corrected chi connectivity index (χ1v) is 8.89. The predicted molar refractivity (Wildman–Crippen MR) is 101 cm³/mol. The lowest BCUT2D eigenvalue weighted by molar-refractivity contribution is 0.0724. The minimum Gasteiger partial charge on any atom is -0.497 e. The zero-order chi connectivity index (χ0) is 19.8. The molecule has 0 fully saturated rings. The first-order valence-electron chi connectivity index (χ1n) is 8.89. The predicted octanol–water partition coefficient (Wildman–Crippen LogP) is 0.877. The number of methoxy groups -OCH3 is 1. The SMILES string of the molecule is COc1ccc(-n2nnc(C(=O)N3CCc4c(ncn(C)c4=O)C3)c2C)cc1. The molecular formula is C19H20N6O3. The van der Waals surface area contributed by atoms with Crippen LogP contribution in [0.5, 0.6) is 5.75 Å². The lowest BCUT2D eigenvalue weighted by Gasteiger charge is -2.27. The second-order valence-electron chi connectivity index (χ2n) is 6.70. The molecule has 9 nitrogen and oxygen atoms in total. The number of benzene rings is 1. The third-order valence-corrected chi connectivity index (χ3v) is 4.99. The number of carbonyl (C=O) groups is 1. The van der Waals surface area contributed by atoms with Crippen molar-refractivity contribution in [3.05, 3.63) is 63.6 Å². The van der Waals surface area contributed by atoms with Gasteiger partial charge in [-0.15, -0.1) is 5.10 Å². The second kappa shape index (κ2) is 6.91. The Bertz CT molecular complexity index is 1100. The normalized spacial score (nSPS) is 13.3. The van der Waals surface area contributed by atoms with Gasteiger partial charge in [-0.3, -0.25) is 9.59 Å². The Morgan fingerprint density at radius 1 is 1.21 bits per heavy atom. The fraction of sp³-hybridized carbons (Fsp3) is 0.316. The van der Waals surface area contributed by atoms with Crippen LogP contribution >= 0.6 is 0 Å². The standard InChI is InChI=1S/C19H20N6O3/c1-12-17(21-22-25(12)13-4-6-14(28-3)7-5-13)19(27)24-9-8-15-16(10-24)20-11-23(2)18(15)26/h4-7,11H,8-10H2,1-3H3. The summed E-state index contributed by atoms with van der Waals surface area (Å²) in [4.78, 5) is 31.2. The van der Waals surface area contributed by atoms with Gasteiger partial charge in [0.1, 0.15) is 5.75 Å². The van der Waals surface area contributed by atoms with Crippen molar-refractivity contribution >= 4 is 5.91 Å². The molecule has 2 aromatic heterocycles. The molecule has 0 aliphatic carbocycles. The number of amides is 1. The first kappa shape index (κ1) is 17.9. The van der Waals surface area contributed by atoms with E-state index in [-0.39, 0.29) is 11.5 Å². The second-order valence-corrected chi connectivity index (χ2v) is 6.70. The maximum atomic E-state index is 13.0. The summed E-state index contributed by atoms with van der Waals surface area (Å²) in [6, 6.07) is 7.36. The molecule has 3 aromatic rings. The average molecular weight is 380 g/mol. The summed E-state index contributed by atoms with van der Waals surface area (Å²) in [6.07, 6.45) is 1.97. The van der Waals surface area contributed by atoms with E-state index in [0.717, 1.165) is 11.4 Å². The highest BCUT2D eigenvalue weighted by atomic mass is 16.5. The summed E-state index contributed by atoms with van der Waals surface area (Å²) >= 11 is 0. The van der Waals surface area contributed by atoms with Crippen LogP contribution in [0.15, 0.2) is 35.4 Å². The van der Waals surface area contributed by atoms with E-state index >= 15 is 0 Å². The van der Waals surface area contributed by atoms with Crippen molar-refractivity contribution in [3.8, 4) is 11.4 Å². The molecule has 0 bridgehead atoms. The van der Waals surface area contributed by atoms with Gasteiger partial charge in [0, 0.05) is 19.2 Å². The largest absolute Gasteiger partial charge is 0.497 e. The topological polar surface area (TPSA) is 95.1 Å². The average Bonchev–Trinajstić information content (AvgIpc) is 3.11. The third-order valence-electron chi connectivity index (χ3n) is 4.99. The van der Waals surface area contributed by atoms with Gasteiger partial charge in [-0.05, 0) is 37.6 Å². The highest BCUT2D eigenvalue weighted by molar-refractivity contribution is 5.93. The van der Waals surface area contributed by atoms with Crippen molar-refractivity contribution in [2.45, 2.75) is 19.9 Å². The number of hydrogen-bond donors (Lipinski definition) is 0. The molecule has 1 aromatic carbocycles. The van der Waals surface area contributed by atoms with E-state index in [0.29, 0.717) is 42.2 Å². The van der Waals surface area contributed by atoms with Crippen molar-refractivity contribution in [1.29, 1.82) is 0 Å². The molecule has 0 radical (unpaired) electrons. The van der Waals surface area contributed by atoms with Gasteiger partial charge in [0.2, 0.25) is 0 Å². The Morgan fingerprint density at radius 3 is 2.68 bits per heavy atom. The van der Waals surface area contributed by atoms with Gasteiger partial charge in [0.25, 0.3) is 11.5 Å². The Balaban J connectivity index is 1.60. The number of ether oxygens (including phenoxy) is 1. The quantitative estimate of drug-likeness (QED) is 0.669. The third kappa shape index (κ3) is 2.94. The number of rotatable bonds is 3. The van der Waals surface area contributed by atoms with Crippen molar-refractivity contribution in [1.82, 2.24) is 29.4 Å². The van der Waals surface area contributed by atoms with E-state index < -0.39 is 0 Å². The zero-order valence-corrected chi connectivity index (χ0v) is 15.9. The Morgan fingerprint density at radius 2 is 1.96 bits per heavy atom. The molecule has 144 valence electrons. The first-order chi connectivity index (χ1) is 13.5. The van der Waals surface area contributed by atoms with Crippen LogP contribution in [0.25, 0.3) is 5.69 Å². The molecule has 1 aliphatic heterocycles. The van der Waals surface area contributed by atoms with Crippen LogP contribution in [-0.4, -0.2) is 49.0 Å². The van der Waals surface area contributed by atoms with Crippen molar-refractivity contribution < 1.29 is 9.53 Å². The molecule has 0 N–H and O–H groups in total. The molecular weight excluding hydrogens is 360 g/mol. The monoisotopic (exact) mass is 380 g/mol.